The van der Waals surface area contributed by atoms with Crippen LogP contribution in [0.1, 0.15) is 28.9 Å². The van der Waals surface area contributed by atoms with Gasteiger partial charge in [-0.3, -0.25) is 4.79 Å². The van der Waals surface area contributed by atoms with Crippen LogP contribution in [0.5, 0.6) is 11.5 Å². The topological polar surface area (TPSA) is 90.0 Å². The van der Waals surface area contributed by atoms with Crippen LogP contribution in [0.2, 0.25) is 5.02 Å². The molecule has 0 saturated carbocycles. The van der Waals surface area contributed by atoms with Crippen LogP contribution in [-0.2, 0) is 11.3 Å². The molecule has 2 aromatic rings. The Labute approximate surface area is 198 Å². The van der Waals surface area contributed by atoms with E-state index in [1.165, 1.54) is 18.1 Å². The maximum Gasteiger partial charge on any atom is 0.422 e. The van der Waals surface area contributed by atoms with Crippen molar-refractivity contribution in [3.8, 4) is 11.5 Å². The summed E-state index contributed by atoms with van der Waals surface area (Å²) in [4.78, 5) is 29.7. The van der Waals surface area contributed by atoms with E-state index in [0.717, 1.165) is 11.8 Å². The fourth-order valence-electron chi connectivity index (χ4n) is 3.25. The highest BCUT2D eigenvalue weighted by Gasteiger charge is 2.30. The quantitative estimate of drug-likeness (QED) is 0.611. The summed E-state index contributed by atoms with van der Waals surface area (Å²) in [5, 5.41) is 3.25. The summed E-state index contributed by atoms with van der Waals surface area (Å²) in [5.41, 5.74) is 0.757. The van der Waals surface area contributed by atoms with Crippen molar-refractivity contribution in [2.24, 2.45) is 0 Å². The van der Waals surface area contributed by atoms with Gasteiger partial charge in [-0.15, -0.1) is 0 Å². The van der Waals surface area contributed by atoms with Crippen LogP contribution in [0, 0.1) is 0 Å². The van der Waals surface area contributed by atoms with Gasteiger partial charge in [-0.25, -0.2) is 9.78 Å². The molecule has 0 bridgehead atoms. The Morgan fingerprint density at radius 3 is 2.47 bits per heavy atom. The minimum Gasteiger partial charge on any atom is -0.486 e. The van der Waals surface area contributed by atoms with E-state index >= 15 is 0 Å². The van der Waals surface area contributed by atoms with E-state index in [2.05, 4.69) is 15.0 Å². The zero-order chi connectivity index (χ0) is 24.7. The summed E-state index contributed by atoms with van der Waals surface area (Å²) in [6.45, 7) is -0.620. The number of piperidine rings is 1. The van der Waals surface area contributed by atoms with Crippen molar-refractivity contribution in [3.05, 3.63) is 52.8 Å². The number of hydrogen-bond donors (Lipinski definition) is 1. The number of carbonyl (C=O) groups is 2. The molecule has 0 atom stereocenters. The second-order valence-corrected chi connectivity index (χ2v) is 7.94. The lowest BCUT2D eigenvalue weighted by atomic mass is 10.1. The first kappa shape index (κ1) is 25.4. The minimum absolute atomic E-state index is 0.0348. The zero-order valence-corrected chi connectivity index (χ0v) is 19.0. The molecule has 0 unspecified atom stereocenters. The van der Waals surface area contributed by atoms with E-state index in [0.29, 0.717) is 31.0 Å². The maximum atomic E-state index is 12.7. The van der Waals surface area contributed by atoms with Gasteiger partial charge in [-0.05, 0) is 17.7 Å². The van der Waals surface area contributed by atoms with Crippen molar-refractivity contribution in [2.75, 3.05) is 26.8 Å². The van der Waals surface area contributed by atoms with E-state index in [-0.39, 0.29) is 23.7 Å². The highest BCUT2D eigenvalue weighted by atomic mass is 35.5. The van der Waals surface area contributed by atoms with Crippen molar-refractivity contribution in [1.82, 2.24) is 15.2 Å². The number of nitrogens with zero attached hydrogens (tertiary/aromatic N) is 2. The molecule has 184 valence electrons. The average Bonchev–Trinajstić information content (AvgIpc) is 2.82. The monoisotopic (exact) mass is 501 g/mol. The molecule has 8 nitrogen and oxygen atoms in total. The molecule has 34 heavy (non-hydrogen) atoms. The smallest absolute Gasteiger partial charge is 0.422 e. The molecule has 1 N–H and O–H groups in total. The first-order valence-corrected chi connectivity index (χ1v) is 10.7. The first-order chi connectivity index (χ1) is 16.1. The molecule has 1 aromatic heterocycles. The Balaban J connectivity index is 1.70. The SMILES string of the molecule is COC(=O)N1CCC(Oc2cc(C(=O)NCc3ccc(Cl)cc3)ncc2OCC(F)(F)F)CC1. The van der Waals surface area contributed by atoms with Gasteiger partial charge >= 0.3 is 12.3 Å². The Kier molecular flexibility index (Phi) is 8.43. The number of nitrogens with one attached hydrogen (secondary N) is 1. The fraction of sp³-hybridized carbons (Fsp3) is 0.409. The van der Waals surface area contributed by atoms with Crippen LogP contribution in [-0.4, -0.2) is 61.0 Å². The molecule has 0 spiro atoms. The molecular weight excluding hydrogens is 479 g/mol. The molecule has 12 heteroatoms. The van der Waals surface area contributed by atoms with E-state index in [9.17, 15) is 22.8 Å². The number of carbonyl (C=O) groups excluding carboxylic acids is 2. The van der Waals surface area contributed by atoms with Crippen LogP contribution in [0.4, 0.5) is 18.0 Å². The lowest BCUT2D eigenvalue weighted by Gasteiger charge is -2.31. The van der Waals surface area contributed by atoms with Gasteiger partial charge in [0.2, 0.25) is 0 Å². The second-order valence-electron chi connectivity index (χ2n) is 7.50. The molecular formula is C22H23ClF3N3O5. The summed E-state index contributed by atoms with van der Waals surface area (Å²) in [6.07, 6.45) is -3.54. The molecule has 1 aliphatic heterocycles. The van der Waals surface area contributed by atoms with Crippen molar-refractivity contribution >= 4 is 23.6 Å². The molecule has 1 saturated heterocycles. The van der Waals surface area contributed by atoms with E-state index < -0.39 is 30.9 Å². The summed E-state index contributed by atoms with van der Waals surface area (Å²) in [7, 11) is 1.28. The van der Waals surface area contributed by atoms with E-state index in [4.69, 9.17) is 21.1 Å². The number of pyridine rings is 1. The highest BCUT2D eigenvalue weighted by Crippen LogP contribution is 2.31. The van der Waals surface area contributed by atoms with Crippen molar-refractivity contribution in [1.29, 1.82) is 0 Å². The summed E-state index contributed by atoms with van der Waals surface area (Å²) >= 11 is 5.85. The van der Waals surface area contributed by atoms with Crippen LogP contribution >= 0.6 is 11.6 Å². The molecule has 1 fully saturated rings. The lowest BCUT2D eigenvalue weighted by Crippen LogP contribution is -2.41. The minimum atomic E-state index is -4.56. The third-order valence-electron chi connectivity index (χ3n) is 4.99. The van der Waals surface area contributed by atoms with Gasteiger partial charge in [0.25, 0.3) is 5.91 Å². The molecule has 1 aliphatic rings. The Hall–Kier alpha value is -3.21. The number of halogens is 4. The highest BCUT2D eigenvalue weighted by molar-refractivity contribution is 6.30. The van der Waals surface area contributed by atoms with Crippen molar-refractivity contribution in [2.45, 2.75) is 31.7 Å². The average molecular weight is 502 g/mol. The molecule has 2 amide bonds. The predicted octanol–water partition coefficient (Wildman–Crippen LogP) is 4.22. The Morgan fingerprint density at radius 1 is 1.18 bits per heavy atom. The molecule has 3 rings (SSSR count). The summed E-state index contributed by atoms with van der Waals surface area (Å²) < 4.78 is 53.4. The Bertz CT molecular complexity index is 996. The number of amides is 2. The predicted molar refractivity (Wildman–Crippen MR) is 116 cm³/mol. The standard InChI is InChI=1S/C22H23ClF3N3O5/c1-32-21(31)29-8-6-16(7-9-29)34-18-10-17(27-12-19(18)33-13-22(24,25)26)20(30)28-11-14-2-4-15(23)5-3-14/h2-5,10,12,16H,6-9,11,13H2,1H3,(H,28,30). The maximum absolute atomic E-state index is 12.7. The van der Waals surface area contributed by atoms with Gasteiger partial charge in [-0.2, -0.15) is 13.2 Å². The van der Waals surface area contributed by atoms with E-state index in [1.807, 2.05) is 0 Å². The van der Waals surface area contributed by atoms with Gasteiger partial charge < -0.3 is 24.4 Å². The van der Waals surface area contributed by atoms with Crippen LogP contribution in [0.3, 0.4) is 0 Å². The van der Waals surface area contributed by atoms with E-state index in [1.54, 1.807) is 24.3 Å². The third-order valence-corrected chi connectivity index (χ3v) is 5.24. The number of ether oxygens (including phenoxy) is 3. The number of aromatic nitrogens is 1. The number of alkyl halides is 3. The normalized spacial score (nSPS) is 14.4. The van der Waals surface area contributed by atoms with Crippen LogP contribution < -0.4 is 14.8 Å². The summed E-state index contributed by atoms with van der Waals surface area (Å²) in [5.74, 6) is -0.808. The van der Waals surface area contributed by atoms with Gasteiger partial charge in [0, 0.05) is 43.6 Å². The number of benzene rings is 1. The number of likely N-dealkylation sites (tertiary alicyclic amines) is 1. The summed E-state index contributed by atoms with van der Waals surface area (Å²) in [6, 6.07) is 8.12. The first-order valence-electron chi connectivity index (χ1n) is 10.4. The second kappa shape index (κ2) is 11.3. The van der Waals surface area contributed by atoms with Gasteiger partial charge in [-0.1, -0.05) is 23.7 Å². The van der Waals surface area contributed by atoms with Gasteiger partial charge in [0.15, 0.2) is 18.1 Å². The molecule has 2 heterocycles. The van der Waals surface area contributed by atoms with Gasteiger partial charge in [0.1, 0.15) is 11.8 Å². The number of hydrogen-bond acceptors (Lipinski definition) is 6. The largest absolute Gasteiger partial charge is 0.486 e. The van der Waals surface area contributed by atoms with Crippen molar-refractivity contribution < 1.29 is 37.0 Å². The molecule has 0 radical (unpaired) electrons. The van der Waals surface area contributed by atoms with Gasteiger partial charge in [0.05, 0.1) is 13.3 Å². The fourth-order valence-corrected chi connectivity index (χ4v) is 3.37. The third kappa shape index (κ3) is 7.41. The lowest BCUT2D eigenvalue weighted by molar-refractivity contribution is -0.153. The van der Waals surface area contributed by atoms with Crippen LogP contribution in [0.25, 0.3) is 0 Å². The van der Waals surface area contributed by atoms with Crippen LogP contribution in [0.15, 0.2) is 36.5 Å². The molecule has 0 aliphatic carbocycles. The number of rotatable bonds is 7. The molecule has 1 aromatic carbocycles. The zero-order valence-electron chi connectivity index (χ0n) is 18.2. The Morgan fingerprint density at radius 2 is 1.85 bits per heavy atom. The van der Waals surface area contributed by atoms with Crippen molar-refractivity contribution in [3.63, 3.8) is 0 Å². The number of methoxy groups -OCH3 is 1.